The summed E-state index contributed by atoms with van der Waals surface area (Å²) < 4.78 is 25.9. The van der Waals surface area contributed by atoms with Crippen LogP contribution in [0.3, 0.4) is 0 Å². The van der Waals surface area contributed by atoms with Gasteiger partial charge in [0.15, 0.2) is 0 Å². The number of carbonyl (C=O) groups is 2. The summed E-state index contributed by atoms with van der Waals surface area (Å²) in [6.07, 6.45) is 0.957. The molecular weight excluding hydrogens is 515 g/mol. The zero-order chi connectivity index (χ0) is 29.0. The monoisotopic (exact) mass is 548 g/mol. The van der Waals surface area contributed by atoms with Gasteiger partial charge < -0.3 is 25.4 Å². The second kappa shape index (κ2) is 11.7. The van der Waals surface area contributed by atoms with E-state index < -0.39 is 11.4 Å². The van der Waals surface area contributed by atoms with Gasteiger partial charge in [-0.25, -0.2) is 13.9 Å². The van der Waals surface area contributed by atoms with Crippen molar-refractivity contribution in [2.45, 2.75) is 51.7 Å². The highest BCUT2D eigenvalue weighted by atomic mass is 19.1. The third kappa shape index (κ3) is 6.51. The normalized spacial score (nSPS) is 13.9. The minimum absolute atomic E-state index is 0.0534. The first-order valence-electron chi connectivity index (χ1n) is 13.0. The largest absolute Gasteiger partial charge is 0.495 e. The molecule has 1 aromatic heterocycles. The van der Waals surface area contributed by atoms with Crippen LogP contribution in [-0.4, -0.2) is 52.5 Å². The average Bonchev–Trinajstić information content (AvgIpc) is 3.24. The molecule has 4 rings (SSSR count). The first-order chi connectivity index (χ1) is 19.0. The Kier molecular flexibility index (Phi) is 8.28. The minimum Gasteiger partial charge on any atom is -0.495 e. The molecular formula is C29H33FN6O4. The van der Waals surface area contributed by atoms with Crippen LogP contribution in [0.4, 0.5) is 20.7 Å². The molecule has 0 saturated carbocycles. The number of amides is 2. The fourth-order valence-corrected chi connectivity index (χ4v) is 4.60. The van der Waals surface area contributed by atoms with Gasteiger partial charge in [-0.2, -0.15) is 10.4 Å². The molecule has 0 spiro atoms. The van der Waals surface area contributed by atoms with Gasteiger partial charge in [0.25, 0.3) is 0 Å². The molecule has 10 nitrogen and oxygen atoms in total. The topological polar surface area (TPSA) is 136 Å². The number of nitrogens with zero attached hydrogens (tertiary/aromatic N) is 4. The van der Waals surface area contributed by atoms with Crippen LogP contribution in [0.25, 0.3) is 11.3 Å². The van der Waals surface area contributed by atoms with E-state index in [9.17, 15) is 19.2 Å². The molecule has 0 bridgehead atoms. The van der Waals surface area contributed by atoms with Crippen LogP contribution in [0, 0.1) is 17.1 Å². The maximum absolute atomic E-state index is 13.6. The number of carbonyl (C=O) groups excluding carboxylic acids is 2. The quantitative estimate of drug-likeness (QED) is 0.447. The van der Waals surface area contributed by atoms with Crippen molar-refractivity contribution in [1.82, 2.24) is 14.7 Å². The van der Waals surface area contributed by atoms with Crippen LogP contribution in [0.15, 0.2) is 42.5 Å². The number of nitriles is 1. The van der Waals surface area contributed by atoms with E-state index >= 15 is 0 Å². The molecule has 0 aliphatic carbocycles. The lowest BCUT2D eigenvalue weighted by Gasteiger charge is -2.33. The van der Waals surface area contributed by atoms with Crippen molar-refractivity contribution in [3.8, 4) is 23.1 Å². The van der Waals surface area contributed by atoms with E-state index in [4.69, 9.17) is 15.2 Å². The second-order valence-electron chi connectivity index (χ2n) is 10.6. The molecule has 1 fully saturated rings. The van der Waals surface area contributed by atoms with Gasteiger partial charge in [-0.05, 0) is 51.3 Å². The molecule has 210 valence electrons. The third-order valence-corrected chi connectivity index (χ3v) is 6.55. The molecule has 1 aliphatic rings. The molecule has 1 aliphatic heterocycles. The summed E-state index contributed by atoms with van der Waals surface area (Å²) >= 11 is 0. The Morgan fingerprint density at radius 2 is 1.85 bits per heavy atom. The van der Waals surface area contributed by atoms with Crippen LogP contribution in [0.5, 0.6) is 5.75 Å². The van der Waals surface area contributed by atoms with Gasteiger partial charge in [0.05, 0.1) is 25.3 Å². The van der Waals surface area contributed by atoms with Crippen molar-refractivity contribution < 1.29 is 23.5 Å². The predicted octanol–water partition coefficient (Wildman–Crippen LogP) is 4.90. The molecule has 3 N–H and O–H groups in total. The highest BCUT2D eigenvalue weighted by Gasteiger charge is 2.30. The smallest absolute Gasteiger partial charge is 0.410 e. The number of aromatic nitrogens is 2. The van der Waals surface area contributed by atoms with Gasteiger partial charge in [0.1, 0.15) is 40.3 Å². The van der Waals surface area contributed by atoms with Crippen molar-refractivity contribution >= 4 is 23.5 Å². The highest BCUT2D eigenvalue weighted by Crippen LogP contribution is 2.33. The lowest BCUT2D eigenvalue weighted by Crippen LogP contribution is -2.42. The van der Waals surface area contributed by atoms with Gasteiger partial charge in [0.2, 0.25) is 5.91 Å². The molecule has 0 radical (unpaired) electrons. The Morgan fingerprint density at radius 1 is 1.18 bits per heavy atom. The summed E-state index contributed by atoms with van der Waals surface area (Å²) in [6, 6.07) is 13.1. The minimum atomic E-state index is -0.564. The Hall–Kier alpha value is -4.59. The standard InChI is InChI=1S/C29H33FN6O4/c1-29(2,3)40-28(38)35-13-11-21(12-14-35)36-27(32)22(17-31)26(34-36)19-7-5-18(6-8-19)15-25(37)33-23-16-20(30)9-10-24(23)39-4/h5-10,16,21H,11-15,32H2,1-4H3,(H,33,37). The number of halogens is 1. The predicted molar refractivity (Wildman–Crippen MR) is 148 cm³/mol. The lowest BCUT2D eigenvalue weighted by atomic mass is 10.0. The summed E-state index contributed by atoms with van der Waals surface area (Å²) in [5.74, 6) is -0.180. The Bertz CT molecular complexity index is 1430. The number of ether oxygens (including phenoxy) is 2. The number of nitrogen functional groups attached to an aromatic ring is 1. The Morgan fingerprint density at radius 3 is 2.45 bits per heavy atom. The molecule has 1 saturated heterocycles. The summed E-state index contributed by atoms with van der Waals surface area (Å²) in [7, 11) is 1.44. The molecule has 0 unspecified atom stereocenters. The number of rotatable bonds is 6. The van der Waals surface area contributed by atoms with E-state index in [-0.39, 0.29) is 41.5 Å². The van der Waals surface area contributed by atoms with Crippen LogP contribution in [0.2, 0.25) is 0 Å². The number of benzene rings is 2. The van der Waals surface area contributed by atoms with E-state index in [1.54, 1.807) is 33.8 Å². The molecule has 3 aromatic rings. The average molecular weight is 549 g/mol. The van der Waals surface area contributed by atoms with Gasteiger partial charge in [-0.15, -0.1) is 0 Å². The lowest BCUT2D eigenvalue weighted by molar-refractivity contribution is -0.115. The van der Waals surface area contributed by atoms with Gasteiger partial charge in [-0.3, -0.25) is 4.79 Å². The van der Waals surface area contributed by atoms with Crippen LogP contribution < -0.4 is 15.8 Å². The van der Waals surface area contributed by atoms with Crippen molar-refractivity contribution in [3.63, 3.8) is 0 Å². The van der Waals surface area contributed by atoms with E-state index in [0.29, 0.717) is 42.9 Å². The third-order valence-electron chi connectivity index (χ3n) is 6.55. The van der Waals surface area contributed by atoms with Gasteiger partial charge in [-0.1, -0.05) is 24.3 Å². The fraction of sp³-hybridized carbons (Fsp3) is 0.379. The van der Waals surface area contributed by atoms with E-state index in [2.05, 4.69) is 16.5 Å². The summed E-state index contributed by atoms with van der Waals surface area (Å²) in [4.78, 5) is 26.7. The summed E-state index contributed by atoms with van der Waals surface area (Å²) in [5, 5.41) is 17.2. The first kappa shape index (κ1) is 28.4. The fourth-order valence-electron chi connectivity index (χ4n) is 4.60. The summed E-state index contributed by atoms with van der Waals surface area (Å²) in [6.45, 7) is 6.49. The van der Waals surface area contributed by atoms with Crippen LogP contribution >= 0.6 is 0 Å². The SMILES string of the molecule is COc1ccc(F)cc1NC(=O)Cc1ccc(-c2nn(C3CCN(C(=O)OC(C)(C)C)CC3)c(N)c2C#N)cc1. The molecule has 2 aromatic carbocycles. The van der Waals surface area contributed by atoms with Crippen LogP contribution in [0.1, 0.15) is 50.8 Å². The Balaban J connectivity index is 1.44. The van der Waals surface area contributed by atoms with E-state index in [1.807, 2.05) is 20.8 Å². The molecule has 0 atom stereocenters. The number of hydrogen-bond acceptors (Lipinski definition) is 7. The number of likely N-dealkylation sites (tertiary alicyclic amines) is 1. The van der Waals surface area contributed by atoms with E-state index in [0.717, 1.165) is 5.56 Å². The maximum atomic E-state index is 13.6. The van der Waals surface area contributed by atoms with E-state index in [1.165, 1.54) is 25.3 Å². The van der Waals surface area contributed by atoms with Crippen molar-refractivity contribution in [2.75, 3.05) is 31.2 Å². The van der Waals surface area contributed by atoms with Crippen molar-refractivity contribution in [3.05, 3.63) is 59.4 Å². The molecule has 11 heteroatoms. The van der Waals surface area contributed by atoms with Gasteiger partial charge >= 0.3 is 6.09 Å². The number of anilines is 2. The maximum Gasteiger partial charge on any atom is 0.410 e. The van der Waals surface area contributed by atoms with Crippen LogP contribution in [-0.2, 0) is 16.0 Å². The number of methoxy groups -OCH3 is 1. The molecule has 40 heavy (non-hydrogen) atoms. The second-order valence-corrected chi connectivity index (χ2v) is 10.6. The highest BCUT2D eigenvalue weighted by molar-refractivity contribution is 5.93. The number of nitrogens with two attached hydrogens (primary N) is 1. The summed E-state index contributed by atoms with van der Waals surface area (Å²) in [5.41, 5.74) is 8.17. The number of nitrogens with one attached hydrogen (secondary N) is 1. The first-order valence-corrected chi connectivity index (χ1v) is 13.0. The zero-order valence-corrected chi connectivity index (χ0v) is 23.0. The molecule has 2 heterocycles. The van der Waals surface area contributed by atoms with Gasteiger partial charge in [0, 0.05) is 24.7 Å². The van der Waals surface area contributed by atoms with Crippen molar-refractivity contribution in [1.29, 1.82) is 5.26 Å². The van der Waals surface area contributed by atoms with Crippen molar-refractivity contribution in [2.24, 2.45) is 0 Å². The number of piperidine rings is 1. The Labute approximate surface area is 232 Å². The zero-order valence-electron chi connectivity index (χ0n) is 23.0. The molecule has 2 amide bonds. The number of hydrogen-bond donors (Lipinski definition) is 2.